The SMILES string of the molecule is N#Cc1ccc(Oc2cccc(C(=O)Nc3ccc4ncccc4c3)c2)cc1. The summed E-state index contributed by atoms with van der Waals surface area (Å²) in [6.07, 6.45) is 1.74. The van der Waals surface area contributed by atoms with Gasteiger partial charge in [0.25, 0.3) is 5.91 Å². The van der Waals surface area contributed by atoms with Crippen LogP contribution in [0.15, 0.2) is 85.1 Å². The quantitative estimate of drug-likeness (QED) is 0.543. The highest BCUT2D eigenvalue weighted by atomic mass is 16.5. The smallest absolute Gasteiger partial charge is 0.255 e. The van der Waals surface area contributed by atoms with Gasteiger partial charge in [0.1, 0.15) is 11.5 Å². The average Bonchev–Trinajstić information content (AvgIpc) is 2.74. The molecule has 3 aromatic carbocycles. The van der Waals surface area contributed by atoms with Crippen LogP contribution in [0.1, 0.15) is 15.9 Å². The third-order valence-electron chi connectivity index (χ3n) is 4.18. The Morgan fingerprint density at radius 1 is 0.929 bits per heavy atom. The maximum atomic E-state index is 12.6. The number of pyridine rings is 1. The number of carbonyl (C=O) groups is 1. The van der Waals surface area contributed by atoms with Gasteiger partial charge in [-0.2, -0.15) is 5.26 Å². The summed E-state index contributed by atoms with van der Waals surface area (Å²) in [4.78, 5) is 16.9. The van der Waals surface area contributed by atoms with E-state index >= 15 is 0 Å². The number of ether oxygens (including phenoxy) is 1. The van der Waals surface area contributed by atoms with Crippen LogP contribution < -0.4 is 10.1 Å². The molecule has 1 heterocycles. The second-order valence-electron chi connectivity index (χ2n) is 6.13. The molecule has 134 valence electrons. The zero-order valence-corrected chi connectivity index (χ0v) is 14.8. The summed E-state index contributed by atoms with van der Waals surface area (Å²) < 4.78 is 5.78. The topological polar surface area (TPSA) is 75.0 Å². The van der Waals surface area contributed by atoms with E-state index in [1.54, 1.807) is 54.7 Å². The second kappa shape index (κ2) is 7.60. The van der Waals surface area contributed by atoms with Crippen LogP contribution >= 0.6 is 0 Å². The predicted molar refractivity (Wildman–Crippen MR) is 107 cm³/mol. The van der Waals surface area contributed by atoms with Crippen molar-refractivity contribution in [1.29, 1.82) is 5.26 Å². The van der Waals surface area contributed by atoms with Crippen LogP contribution in [0.25, 0.3) is 10.9 Å². The van der Waals surface area contributed by atoms with Gasteiger partial charge in [-0.1, -0.05) is 12.1 Å². The fourth-order valence-electron chi connectivity index (χ4n) is 2.79. The van der Waals surface area contributed by atoms with Crippen molar-refractivity contribution in [2.24, 2.45) is 0 Å². The first kappa shape index (κ1) is 17.3. The van der Waals surface area contributed by atoms with Crippen molar-refractivity contribution in [3.63, 3.8) is 0 Å². The number of nitriles is 1. The Morgan fingerprint density at radius 2 is 1.79 bits per heavy atom. The van der Waals surface area contributed by atoms with Crippen LogP contribution in [0.5, 0.6) is 11.5 Å². The number of nitrogens with zero attached hydrogens (tertiary/aromatic N) is 2. The first-order valence-electron chi connectivity index (χ1n) is 8.65. The minimum Gasteiger partial charge on any atom is -0.457 e. The van der Waals surface area contributed by atoms with E-state index in [2.05, 4.69) is 16.4 Å². The zero-order chi connectivity index (χ0) is 19.3. The number of aromatic nitrogens is 1. The molecule has 5 nitrogen and oxygen atoms in total. The van der Waals surface area contributed by atoms with E-state index in [1.807, 2.05) is 30.3 Å². The van der Waals surface area contributed by atoms with Crippen molar-refractivity contribution in [3.8, 4) is 17.6 Å². The summed E-state index contributed by atoms with van der Waals surface area (Å²) in [6, 6.07) is 25.2. The second-order valence-corrected chi connectivity index (χ2v) is 6.13. The van der Waals surface area contributed by atoms with Crippen LogP contribution in [0.3, 0.4) is 0 Å². The molecule has 0 bridgehead atoms. The molecule has 0 aliphatic heterocycles. The lowest BCUT2D eigenvalue weighted by atomic mass is 10.1. The van der Waals surface area contributed by atoms with Gasteiger partial charge in [0, 0.05) is 22.8 Å². The number of anilines is 1. The summed E-state index contributed by atoms with van der Waals surface area (Å²) in [5.74, 6) is 0.909. The van der Waals surface area contributed by atoms with Crippen molar-refractivity contribution in [3.05, 3.63) is 96.2 Å². The fraction of sp³-hybridized carbons (Fsp3) is 0. The molecule has 0 radical (unpaired) electrons. The Bertz CT molecular complexity index is 1190. The van der Waals surface area contributed by atoms with Crippen LogP contribution in [0.4, 0.5) is 5.69 Å². The molecular weight excluding hydrogens is 350 g/mol. The van der Waals surface area contributed by atoms with Crippen molar-refractivity contribution in [1.82, 2.24) is 4.98 Å². The van der Waals surface area contributed by atoms with Gasteiger partial charge < -0.3 is 10.1 Å². The van der Waals surface area contributed by atoms with Crippen molar-refractivity contribution in [2.75, 3.05) is 5.32 Å². The van der Waals surface area contributed by atoms with Gasteiger partial charge in [-0.05, 0) is 66.7 Å². The third-order valence-corrected chi connectivity index (χ3v) is 4.18. The number of fused-ring (bicyclic) bond motifs is 1. The molecule has 0 unspecified atom stereocenters. The number of hydrogen-bond donors (Lipinski definition) is 1. The Balaban J connectivity index is 1.50. The first-order valence-corrected chi connectivity index (χ1v) is 8.65. The highest BCUT2D eigenvalue weighted by molar-refractivity contribution is 6.05. The normalized spacial score (nSPS) is 10.2. The average molecular weight is 365 g/mol. The first-order chi connectivity index (χ1) is 13.7. The summed E-state index contributed by atoms with van der Waals surface area (Å²) in [7, 11) is 0. The molecule has 5 heteroatoms. The van der Waals surface area contributed by atoms with Gasteiger partial charge in [0.15, 0.2) is 0 Å². The van der Waals surface area contributed by atoms with Crippen molar-refractivity contribution >= 4 is 22.5 Å². The maximum Gasteiger partial charge on any atom is 0.255 e. The van der Waals surface area contributed by atoms with Crippen LogP contribution in [0, 0.1) is 11.3 Å². The lowest BCUT2D eigenvalue weighted by Crippen LogP contribution is -2.11. The number of hydrogen-bond acceptors (Lipinski definition) is 4. The van der Waals surface area contributed by atoms with Gasteiger partial charge in [-0.15, -0.1) is 0 Å². The fourth-order valence-corrected chi connectivity index (χ4v) is 2.79. The van der Waals surface area contributed by atoms with Crippen molar-refractivity contribution in [2.45, 2.75) is 0 Å². The summed E-state index contributed by atoms with van der Waals surface area (Å²) in [6.45, 7) is 0. The van der Waals surface area contributed by atoms with E-state index in [1.165, 1.54) is 0 Å². The van der Waals surface area contributed by atoms with E-state index < -0.39 is 0 Å². The molecule has 1 amide bonds. The third kappa shape index (κ3) is 3.81. The molecule has 0 saturated heterocycles. The Morgan fingerprint density at radius 3 is 2.61 bits per heavy atom. The lowest BCUT2D eigenvalue weighted by molar-refractivity contribution is 0.102. The van der Waals surface area contributed by atoms with Gasteiger partial charge >= 0.3 is 0 Å². The van der Waals surface area contributed by atoms with Crippen LogP contribution in [-0.4, -0.2) is 10.9 Å². The highest BCUT2D eigenvalue weighted by Gasteiger charge is 2.09. The Kier molecular flexibility index (Phi) is 4.68. The lowest BCUT2D eigenvalue weighted by Gasteiger charge is -2.09. The number of benzene rings is 3. The summed E-state index contributed by atoms with van der Waals surface area (Å²) in [5.41, 5.74) is 2.62. The van der Waals surface area contributed by atoms with Gasteiger partial charge in [0.2, 0.25) is 0 Å². The van der Waals surface area contributed by atoms with Crippen LogP contribution in [0.2, 0.25) is 0 Å². The van der Waals surface area contributed by atoms with Gasteiger partial charge in [-0.3, -0.25) is 9.78 Å². The summed E-state index contributed by atoms with van der Waals surface area (Å²) >= 11 is 0. The standard InChI is InChI=1S/C23H15N3O2/c24-15-16-6-9-20(10-7-16)28-21-5-1-3-18(14-21)23(27)26-19-8-11-22-17(13-19)4-2-12-25-22/h1-14H,(H,26,27). The molecule has 0 atom stereocenters. The van der Waals surface area contributed by atoms with Gasteiger partial charge in [0.05, 0.1) is 17.1 Å². The highest BCUT2D eigenvalue weighted by Crippen LogP contribution is 2.23. The number of amides is 1. The Hall–Kier alpha value is -4.17. The van der Waals surface area contributed by atoms with Crippen LogP contribution in [-0.2, 0) is 0 Å². The van der Waals surface area contributed by atoms with E-state index in [-0.39, 0.29) is 5.91 Å². The molecule has 1 aromatic heterocycles. The van der Waals surface area contributed by atoms with E-state index in [0.29, 0.717) is 28.3 Å². The molecule has 0 spiro atoms. The van der Waals surface area contributed by atoms with E-state index in [9.17, 15) is 4.79 Å². The molecule has 28 heavy (non-hydrogen) atoms. The van der Waals surface area contributed by atoms with E-state index in [4.69, 9.17) is 10.00 Å². The van der Waals surface area contributed by atoms with Crippen molar-refractivity contribution < 1.29 is 9.53 Å². The molecule has 0 fully saturated rings. The molecule has 4 rings (SSSR count). The molecular formula is C23H15N3O2. The number of rotatable bonds is 4. The summed E-state index contributed by atoms with van der Waals surface area (Å²) in [5, 5.41) is 12.7. The molecule has 4 aromatic rings. The molecule has 0 saturated carbocycles. The minimum absolute atomic E-state index is 0.228. The largest absolute Gasteiger partial charge is 0.457 e. The number of carbonyl (C=O) groups excluding carboxylic acids is 1. The molecule has 0 aliphatic carbocycles. The Labute approximate surface area is 161 Å². The molecule has 0 aliphatic rings. The zero-order valence-electron chi connectivity index (χ0n) is 14.8. The monoisotopic (exact) mass is 365 g/mol. The number of nitrogens with one attached hydrogen (secondary N) is 1. The molecule has 1 N–H and O–H groups in total. The van der Waals surface area contributed by atoms with Gasteiger partial charge in [-0.25, -0.2) is 0 Å². The predicted octanol–water partition coefficient (Wildman–Crippen LogP) is 5.15. The maximum absolute atomic E-state index is 12.6. The minimum atomic E-state index is -0.228. The van der Waals surface area contributed by atoms with E-state index in [0.717, 1.165) is 10.9 Å².